The molecule has 3 aromatic rings. The molecule has 0 aliphatic carbocycles. The van der Waals surface area contributed by atoms with Crippen LogP contribution in [0.2, 0.25) is 5.02 Å². The van der Waals surface area contributed by atoms with Crippen LogP contribution in [0.5, 0.6) is 0 Å². The first-order valence-corrected chi connectivity index (χ1v) is 12.6. The number of sulfonamides is 1. The number of rotatable bonds is 5. The van der Waals surface area contributed by atoms with Gasteiger partial charge in [-0.3, -0.25) is 9.52 Å². The quantitative estimate of drug-likeness (QED) is 0.583. The average molecular weight is 495 g/mol. The molecule has 0 atom stereocenters. The molecule has 1 aromatic carbocycles. The van der Waals surface area contributed by atoms with E-state index in [1.807, 2.05) is 6.92 Å². The van der Waals surface area contributed by atoms with Crippen LogP contribution >= 0.6 is 22.9 Å². The van der Waals surface area contributed by atoms with Crippen molar-refractivity contribution in [3.05, 3.63) is 51.6 Å². The van der Waals surface area contributed by atoms with Gasteiger partial charge in [0, 0.05) is 26.3 Å². The maximum Gasteiger partial charge on any atom is 0.266 e. The zero-order chi connectivity index (χ0) is 23.0. The SMILES string of the molecule is Cc1ccc(NS(=O)(=O)c2cc(-c3nc(C)c(C(=O)N4CCOCC4)s3)n(C)c2)c(Cl)c1. The second-order valence-corrected chi connectivity index (χ2v) is 10.7. The lowest BCUT2D eigenvalue weighted by atomic mass is 10.2. The van der Waals surface area contributed by atoms with Crippen molar-refractivity contribution in [1.29, 1.82) is 0 Å². The number of nitrogens with zero attached hydrogens (tertiary/aromatic N) is 3. The maximum absolute atomic E-state index is 12.9. The molecule has 11 heteroatoms. The molecule has 0 saturated carbocycles. The number of ether oxygens (including phenoxy) is 1. The van der Waals surface area contributed by atoms with Gasteiger partial charge in [-0.15, -0.1) is 11.3 Å². The lowest BCUT2D eigenvalue weighted by Gasteiger charge is -2.26. The highest BCUT2D eigenvalue weighted by Gasteiger charge is 2.26. The molecule has 8 nitrogen and oxygen atoms in total. The normalized spacial score (nSPS) is 14.6. The van der Waals surface area contributed by atoms with E-state index in [9.17, 15) is 13.2 Å². The Morgan fingerprint density at radius 2 is 1.94 bits per heavy atom. The Kier molecular flexibility index (Phi) is 6.30. The molecule has 1 N–H and O–H groups in total. The van der Waals surface area contributed by atoms with E-state index in [-0.39, 0.29) is 10.8 Å². The summed E-state index contributed by atoms with van der Waals surface area (Å²) in [4.78, 5) is 19.8. The van der Waals surface area contributed by atoms with Crippen LogP contribution in [0, 0.1) is 13.8 Å². The number of halogens is 1. The molecular formula is C21H23ClN4O4S2. The summed E-state index contributed by atoms with van der Waals surface area (Å²) in [6.07, 6.45) is 1.51. The Balaban J connectivity index is 1.61. The summed E-state index contributed by atoms with van der Waals surface area (Å²) in [6.45, 7) is 5.80. The van der Waals surface area contributed by atoms with Crippen LogP contribution in [0.1, 0.15) is 20.9 Å². The Bertz CT molecular complexity index is 1280. The van der Waals surface area contributed by atoms with E-state index in [0.717, 1.165) is 5.56 Å². The number of aryl methyl sites for hydroxylation is 3. The molecule has 4 rings (SSSR count). The number of nitrogens with one attached hydrogen (secondary N) is 1. The van der Waals surface area contributed by atoms with Gasteiger partial charge >= 0.3 is 0 Å². The lowest BCUT2D eigenvalue weighted by Crippen LogP contribution is -2.40. The molecule has 1 saturated heterocycles. The highest BCUT2D eigenvalue weighted by Crippen LogP contribution is 2.32. The van der Waals surface area contributed by atoms with Gasteiger partial charge in [-0.05, 0) is 37.6 Å². The van der Waals surface area contributed by atoms with Gasteiger partial charge in [0.15, 0.2) is 0 Å². The molecule has 0 bridgehead atoms. The maximum atomic E-state index is 12.9. The van der Waals surface area contributed by atoms with Crippen LogP contribution in [0.4, 0.5) is 5.69 Å². The minimum absolute atomic E-state index is 0.0766. The van der Waals surface area contributed by atoms with E-state index < -0.39 is 10.0 Å². The second-order valence-electron chi connectivity index (χ2n) is 7.60. The third kappa shape index (κ3) is 4.54. The fourth-order valence-electron chi connectivity index (χ4n) is 3.41. The first kappa shape index (κ1) is 22.8. The highest BCUT2D eigenvalue weighted by molar-refractivity contribution is 7.92. The van der Waals surface area contributed by atoms with Crippen molar-refractivity contribution in [1.82, 2.24) is 14.5 Å². The number of hydrogen-bond acceptors (Lipinski definition) is 6. The van der Waals surface area contributed by atoms with E-state index >= 15 is 0 Å². The number of thiazole rings is 1. The summed E-state index contributed by atoms with van der Waals surface area (Å²) in [5.74, 6) is -0.0766. The van der Waals surface area contributed by atoms with Crippen LogP contribution in [-0.2, 0) is 21.8 Å². The molecule has 2 aromatic heterocycles. The number of hydrogen-bond donors (Lipinski definition) is 1. The van der Waals surface area contributed by atoms with E-state index in [4.69, 9.17) is 16.3 Å². The van der Waals surface area contributed by atoms with Gasteiger partial charge in [0.25, 0.3) is 15.9 Å². The van der Waals surface area contributed by atoms with Gasteiger partial charge in [-0.25, -0.2) is 13.4 Å². The highest BCUT2D eigenvalue weighted by atomic mass is 35.5. The van der Waals surface area contributed by atoms with E-state index in [1.54, 1.807) is 47.7 Å². The molecule has 1 aliphatic heterocycles. The number of anilines is 1. The first-order chi connectivity index (χ1) is 15.2. The van der Waals surface area contributed by atoms with Crippen molar-refractivity contribution in [2.75, 3.05) is 31.0 Å². The number of morpholine rings is 1. The molecule has 0 unspecified atom stereocenters. The third-order valence-electron chi connectivity index (χ3n) is 5.17. The lowest BCUT2D eigenvalue weighted by molar-refractivity contribution is 0.0305. The van der Waals surface area contributed by atoms with Crippen molar-refractivity contribution >= 4 is 44.6 Å². The van der Waals surface area contributed by atoms with Crippen LogP contribution in [0.15, 0.2) is 35.4 Å². The van der Waals surface area contributed by atoms with Crippen molar-refractivity contribution < 1.29 is 17.9 Å². The summed E-state index contributed by atoms with van der Waals surface area (Å²) < 4.78 is 35.4. The largest absolute Gasteiger partial charge is 0.378 e. The molecule has 0 spiro atoms. The minimum Gasteiger partial charge on any atom is -0.378 e. The molecule has 1 fully saturated rings. The molecule has 32 heavy (non-hydrogen) atoms. The van der Waals surface area contributed by atoms with E-state index in [2.05, 4.69) is 9.71 Å². The van der Waals surface area contributed by atoms with Crippen molar-refractivity contribution in [3.8, 4) is 10.7 Å². The molecule has 1 aliphatic rings. The summed E-state index contributed by atoms with van der Waals surface area (Å²) in [7, 11) is -2.12. The summed E-state index contributed by atoms with van der Waals surface area (Å²) in [5, 5.41) is 0.906. The molecular weight excluding hydrogens is 472 g/mol. The van der Waals surface area contributed by atoms with Gasteiger partial charge in [-0.2, -0.15) is 0 Å². The smallest absolute Gasteiger partial charge is 0.266 e. The predicted octanol–water partition coefficient (Wildman–Crippen LogP) is 3.69. The minimum atomic E-state index is -3.86. The monoisotopic (exact) mass is 494 g/mol. The fraction of sp³-hybridized carbons (Fsp3) is 0.333. The van der Waals surface area contributed by atoms with E-state index in [0.29, 0.717) is 58.3 Å². The first-order valence-electron chi connectivity index (χ1n) is 9.96. The Labute approximate surface area is 195 Å². The number of aromatic nitrogens is 2. The summed E-state index contributed by atoms with van der Waals surface area (Å²) in [5.41, 5.74) is 2.47. The Morgan fingerprint density at radius 3 is 2.62 bits per heavy atom. The van der Waals surface area contributed by atoms with Crippen molar-refractivity contribution in [3.63, 3.8) is 0 Å². The van der Waals surface area contributed by atoms with Crippen molar-refractivity contribution in [2.45, 2.75) is 18.7 Å². The fourth-order valence-corrected chi connectivity index (χ4v) is 6.00. The van der Waals surface area contributed by atoms with Crippen LogP contribution in [0.25, 0.3) is 10.7 Å². The van der Waals surface area contributed by atoms with E-state index in [1.165, 1.54) is 17.5 Å². The third-order valence-corrected chi connectivity index (χ3v) is 7.98. The van der Waals surface area contributed by atoms with Gasteiger partial charge in [0.2, 0.25) is 0 Å². The van der Waals surface area contributed by atoms with Crippen molar-refractivity contribution in [2.24, 2.45) is 7.05 Å². The van der Waals surface area contributed by atoms with Gasteiger partial charge in [0.05, 0.1) is 35.3 Å². The second kappa shape index (κ2) is 8.86. The van der Waals surface area contributed by atoms with Gasteiger partial charge in [0.1, 0.15) is 14.8 Å². The predicted molar refractivity (Wildman–Crippen MR) is 125 cm³/mol. The number of carbonyl (C=O) groups is 1. The Morgan fingerprint density at radius 1 is 1.22 bits per heavy atom. The molecule has 3 heterocycles. The zero-order valence-corrected chi connectivity index (χ0v) is 20.3. The number of carbonyl (C=O) groups excluding carboxylic acids is 1. The molecule has 0 radical (unpaired) electrons. The van der Waals surface area contributed by atoms with Gasteiger partial charge in [-0.1, -0.05) is 17.7 Å². The zero-order valence-electron chi connectivity index (χ0n) is 17.9. The number of amides is 1. The van der Waals surface area contributed by atoms with Gasteiger partial charge < -0.3 is 14.2 Å². The molecule has 170 valence electrons. The Hall–Kier alpha value is -2.40. The van der Waals surface area contributed by atoms with Crippen LogP contribution < -0.4 is 4.72 Å². The van der Waals surface area contributed by atoms with Crippen LogP contribution in [0.3, 0.4) is 0 Å². The average Bonchev–Trinajstić information content (AvgIpc) is 3.33. The summed E-state index contributed by atoms with van der Waals surface area (Å²) in [6, 6.07) is 6.66. The molecule has 1 amide bonds. The summed E-state index contributed by atoms with van der Waals surface area (Å²) >= 11 is 7.45. The number of benzene rings is 1. The standard InChI is InChI=1S/C21H23ClN4O4S2/c1-13-4-5-17(16(22)10-13)24-32(28,29)15-11-18(25(3)12-15)20-23-14(2)19(31-20)21(27)26-6-8-30-9-7-26/h4-5,10-12,24H,6-9H2,1-3H3. The topological polar surface area (TPSA) is 93.5 Å². The van der Waals surface area contributed by atoms with Crippen LogP contribution in [-0.4, -0.2) is 55.1 Å².